The van der Waals surface area contributed by atoms with Crippen LogP contribution in [0.3, 0.4) is 0 Å². The van der Waals surface area contributed by atoms with Gasteiger partial charge in [-0.25, -0.2) is 0 Å². The summed E-state index contributed by atoms with van der Waals surface area (Å²) in [7, 11) is 0. The van der Waals surface area contributed by atoms with Gasteiger partial charge in [-0.3, -0.25) is 4.79 Å². The number of carbonyl (C=O) groups is 1. The molecule has 4 nitrogen and oxygen atoms in total. The Morgan fingerprint density at radius 1 is 0.909 bits per heavy atom. The number of aliphatic hydroxyl groups is 3. The molecule has 3 N–H and O–H groups in total. The van der Waals surface area contributed by atoms with E-state index in [1.165, 1.54) is 5.57 Å². The maximum absolute atomic E-state index is 11.7. The highest BCUT2D eigenvalue weighted by Gasteiger charge is 2.72. The van der Waals surface area contributed by atoms with Crippen LogP contribution in [-0.4, -0.2) is 39.4 Å². The van der Waals surface area contributed by atoms with Gasteiger partial charge in [-0.2, -0.15) is 0 Å². The van der Waals surface area contributed by atoms with Crippen LogP contribution in [0, 0.1) is 45.3 Å². The average Bonchev–Trinajstić information content (AvgIpc) is 3.07. The van der Waals surface area contributed by atoms with Gasteiger partial charge < -0.3 is 15.3 Å². The Labute approximate surface area is 200 Å². The number of fused-ring (bicyclic) bond motifs is 5. The van der Waals surface area contributed by atoms with Crippen LogP contribution in [0.5, 0.6) is 0 Å². The highest BCUT2D eigenvalue weighted by Crippen LogP contribution is 2.75. The van der Waals surface area contributed by atoms with Crippen LogP contribution >= 0.6 is 0 Å². The van der Waals surface area contributed by atoms with Crippen LogP contribution in [0.2, 0.25) is 0 Å². The molecule has 4 rings (SSSR count). The van der Waals surface area contributed by atoms with Crippen molar-refractivity contribution in [1.82, 2.24) is 0 Å². The van der Waals surface area contributed by atoms with E-state index < -0.39 is 12.2 Å². The number of ketones is 1. The molecule has 0 spiro atoms. The molecule has 4 saturated carbocycles. The van der Waals surface area contributed by atoms with Gasteiger partial charge in [0.05, 0.1) is 18.3 Å². The summed E-state index contributed by atoms with van der Waals surface area (Å²) in [6, 6.07) is 0. The molecule has 33 heavy (non-hydrogen) atoms. The molecule has 186 valence electrons. The lowest BCUT2D eigenvalue weighted by Gasteiger charge is -2.71. The van der Waals surface area contributed by atoms with Gasteiger partial charge in [0.15, 0.2) is 5.78 Å². The van der Waals surface area contributed by atoms with Crippen molar-refractivity contribution in [2.24, 2.45) is 45.3 Å². The Kier molecular flexibility index (Phi) is 6.12. The molecule has 0 heterocycles. The summed E-state index contributed by atoms with van der Waals surface area (Å²) in [4.78, 5) is 11.3. The second kappa shape index (κ2) is 8.03. The van der Waals surface area contributed by atoms with Crippen LogP contribution < -0.4 is 0 Å². The first kappa shape index (κ1) is 25.1. The smallest absolute Gasteiger partial charge is 0.152 e. The minimum absolute atomic E-state index is 0.0368. The molecular formula is C29H46O4. The largest absolute Gasteiger partial charge is 0.393 e. The fourth-order valence-electron chi connectivity index (χ4n) is 9.90. The Morgan fingerprint density at radius 3 is 2.21 bits per heavy atom. The van der Waals surface area contributed by atoms with Crippen molar-refractivity contribution in [3.63, 3.8) is 0 Å². The third-order valence-electron chi connectivity index (χ3n) is 11.5. The zero-order valence-electron chi connectivity index (χ0n) is 21.8. The van der Waals surface area contributed by atoms with Crippen LogP contribution in [0.15, 0.2) is 23.8 Å². The van der Waals surface area contributed by atoms with Gasteiger partial charge in [0, 0.05) is 0 Å². The lowest BCUT2D eigenvalue weighted by atomic mass is 9.34. The molecule has 4 aliphatic carbocycles. The Bertz CT molecular complexity index is 858. The second-order valence-electron chi connectivity index (χ2n) is 13.4. The van der Waals surface area contributed by atoms with Crippen molar-refractivity contribution in [2.75, 3.05) is 0 Å². The normalized spacial score (nSPS) is 51.7. The number of allylic oxidation sites excluding steroid dienone is 4. The van der Waals surface area contributed by atoms with Crippen molar-refractivity contribution in [2.45, 2.75) is 105 Å². The predicted octanol–water partition coefficient (Wildman–Crippen LogP) is 5.07. The van der Waals surface area contributed by atoms with Crippen LogP contribution in [0.1, 0.15) is 87.0 Å². The van der Waals surface area contributed by atoms with Gasteiger partial charge in [-0.05, 0) is 104 Å². The van der Waals surface area contributed by atoms with Crippen LogP contribution in [0.25, 0.3) is 0 Å². The molecule has 4 aliphatic rings. The van der Waals surface area contributed by atoms with Crippen molar-refractivity contribution in [1.29, 1.82) is 0 Å². The van der Waals surface area contributed by atoms with Gasteiger partial charge in [0.2, 0.25) is 0 Å². The quantitative estimate of drug-likeness (QED) is 0.408. The van der Waals surface area contributed by atoms with E-state index in [0.717, 1.165) is 38.5 Å². The fourth-order valence-corrected chi connectivity index (χ4v) is 9.90. The van der Waals surface area contributed by atoms with Gasteiger partial charge >= 0.3 is 0 Å². The SMILES string of the molecule is CC(=O)C=CC=C(C)[C@H]1CC[C@]2(C)[C@@H]1[C@H](O)C[C@@H]1[C@@]3(C)CC[C@H](O)C(C)(C)[C@@H]3[C@@H](O)C[C@]12C. The lowest BCUT2D eigenvalue weighted by Crippen LogP contribution is -2.69. The van der Waals surface area contributed by atoms with E-state index >= 15 is 0 Å². The van der Waals surface area contributed by atoms with Crippen LogP contribution in [0.4, 0.5) is 0 Å². The highest BCUT2D eigenvalue weighted by atomic mass is 16.3. The maximum atomic E-state index is 11.7. The number of hydrogen-bond acceptors (Lipinski definition) is 4. The summed E-state index contributed by atoms with van der Waals surface area (Å²) < 4.78 is 0. The van der Waals surface area contributed by atoms with Gasteiger partial charge in [0.25, 0.3) is 0 Å². The van der Waals surface area contributed by atoms with E-state index in [0.29, 0.717) is 11.8 Å². The highest BCUT2D eigenvalue weighted by molar-refractivity contribution is 5.87. The van der Waals surface area contributed by atoms with E-state index in [1.54, 1.807) is 13.0 Å². The van der Waals surface area contributed by atoms with E-state index in [1.807, 2.05) is 6.08 Å². The predicted molar refractivity (Wildman–Crippen MR) is 131 cm³/mol. The van der Waals surface area contributed by atoms with E-state index in [2.05, 4.69) is 47.6 Å². The van der Waals surface area contributed by atoms with E-state index in [4.69, 9.17) is 0 Å². The number of rotatable bonds is 3. The van der Waals surface area contributed by atoms with Crippen molar-refractivity contribution < 1.29 is 20.1 Å². The first-order valence-electron chi connectivity index (χ1n) is 13.1. The Balaban J connectivity index is 1.73. The molecule has 0 aromatic carbocycles. The molecule has 0 aliphatic heterocycles. The molecule has 10 atom stereocenters. The maximum Gasteiger partial charge on any atom is 0.152 e. The Hall–Kier alpha value is -0.970. The third-order valence-corrected chi connectivity index (χ3v) is 11.5. The molecule has 0 unspecified atom stereocenters. The monoisotopic (exact) mass is 458 g/mol. The third kappa shape index (κ3) is 3.45. The number of aliphatic hydroxyl groups excluding tert-OH is 3. The molecule has 0 aromatic rings. The summed E-state index contributed by atoms with van der Waals surface area (Å²) in [5.41, 5.74) is 0.678. The summed E-state index contributed by atoms with van der Waals surface area (Å²) in [5.74, 6) is 0.863. The summed E-state index contributed by atoms with van der Waals surface area (Å²) in [6.45, 7) is 15.1. The zero-order valence-corrected chi connectivity index (χ0v) is 21.8. The summed E-state index contributed by atoms with van der Waals surface area (Å²) >= 11 is 0. The van der Waals surface area contributed by atoms with Gasteiger partial charge in [0.1, 0.15) is 0 Å². The average molecular weight is 459 g/mol. The first-order valence-corrected chi connectivity index (χ1v) is 13.1. The molecule has 0 amide bonds. The molecule has 0 saturated heterocycles. The molecule has 4 fully saturated rings. The minimum Gasteiger partial charge on any atom is -0.393 e. The lowest BCUT2D eigenvalue weighted by molar-refractivity contribution is -0.270. The number of carbonyl (C=O) groups excluding carboxylic acids is 1. The zero-order chi connectivity index (χ0) is 24.6. The van der Waals surface area contributed by atoms with Crippen LogP contribution in [-0.2, 0) is 4.79 Å². The second-order valence-corrected chi connectivity index (χ2v) is 13.4. The molecular weight excluding hydrogens is 412 g/mol. The van der Waals surface area contributed by atoms with Gasteiger partial charge in [-0.1, -0.05) is 52.3 Å². The summed E-state index contributed by atoms with van der Waals surface area (Å²) in [6.07, 6.45) is 9.57. The summed E-state index contributed by atoms with van der Waals surface area (Å²) in [5, 5.41) is 34.1. The van der Waals surface area contributed by atoms with E-state index in [-0.39, 0.29) is 45.4 Å². The number of hydrogen-bond donors (Lipinski definition) is 3. The first-order chi connectivity index (χ1) is 15.2. The Morgan fingerprint density at radius 2 is 1.58 bits per heavy atom. The standard InChI is InChI=1S/C29H46O4/c1-17(9-8-10-18(2)30)19-11-14-28(6)24(19)20(31)15-22-27(5)13-12-23(33)26(3,4)25(27)21(32)16-29(22,28)7/h8-10,19-25,31-33H,11-16H2,1-7H3/t19-,20-,21+,22-,23+,24+,25+,27-,28-,29-/m1/s1. The minimum atomic E-state index is -0.442. The molecule has 0 radical (unpaired) electrons. The topological polar surface area (TPSA) is 77.8 Å². The molecule has 0 bridgehead atoms. The van der Waals surface area contributed by atoms with Crippen molar-refractivity contribution in [3.8, 4) is 0 Å². The van der Waals surface area contributed by atoms with Gasteiger partial charge in [-0.15, -0.1) is 0 Å². The fraction of sp³-hybridized carbons (Fsp3) is 0.828. The molecule has 0 aromatic heterocycles. The molecule has 4 heteroatoms. The van der Waals surface area contributed by atoms with Crippen molar-refractivity contribution in [3.05, 3.63) is 23.8 Å². The van der Waals surface area contributed by atoms with E-state index in [9.17, 15) is 20.1 Å². The van der Waals surface area contributed by atoms with Crippen molar-refractivity contribution >= 4 is 5.78 Å².